The third kappa shape index (κ3) is 6.74. The van der Waals surface area contributed by atoms with Crippen LogP contribution < -0.4 is 19.7 Å². The largest absolute Gasteiger partial charge is 0.497 e. The first-order valence-electron chi connectivity index (χ1n) is 14.2. The van der Waals surface area contributed by atoms with Gasteiger partial charge in [-0.2, -0.15) is 0 Å². The maximum Gasteiger partial charge on any atom is 0.154 e. The quantitative estimate of drug-likeness (QED) is 0.325. The summed E-state index contributed by atoms with van der Waals surface area (Å²) < 4.78 is 23.3. The first-order valence-corrected chi connectivity index (χ1v) is 14.2. The standard InChI is InChI=1S/C30H42N6O4/c1-30(2,29-32-34-35-33-29)18-23-17-25(22-7-9-24(38-4)10-8-22)28(19-31-23)40-20-21-6-11-27-26(16-21)36(13-15-39-27)12-5-14-37-3/h6-11,16,23,25,28,31H,5,12-15,17-20H2,1-4H3,(H,32,33,34,35)/t23-,25+,28-/m0/s1. The van der Waals surface area contributed by atoms with E-state index in [4.69, 9.17) is 18.9 Å². The monoisotopic (exact) mass is 550 g/mol. The number of tetrazole rings is 1. The van der Waals surface area contributed by atoms with Crippen LogP contribution in [0.1, 0.15) is 56.0 Å². The Bertz CT molecular complexity index is 1200. The highest BCUT2D eigenvalue weighted by atomic mass is 16.5. The Hall–Kier alpha value is -3.21. The molecule has 0 spiro atoms. The molecule has 0 amide bonds. The highest BCUT2D eigenvalue weighted by Crippen LogP contribution is 2.37. The van der Waals surface area contributed by atoms with Crippen molar-refractivity contribution in [3.8, 4) is 11.5 Å². The molecule has 2 aliphatic heterocycles. The molecule has 5 rings (SSSR count). The number of hydrogen-bond acceptors (Lipinski definition) is 9. The molecule has 3 aromatic rings. The van der Waals surface area contributed by atoms with Crippen molar-refractivity contribution >= 4 is 5.69 Å². The Morgan fingerprint density at radius 2 is 1.98 bits per heavy atom. The molecule has 2 aliphatic rings. The molecule has 3 heterocycles. The van der Waals surface area contributed by atoms with Gasteiger partial charge in [-0.15, -0.1) is 5.10 Å². The lowest BCUT2D eigenvalue weighted by atomic mass is 9.77. The smallest absolute Gasteiger partial charge is 0.154 e. The van der Waals surface area contributed by atoms with Gasteiger partial charge in [-0.1, -0.05) is 32.0 Å². The maximum absolute atomic E-state index is 6.66. The zero-order valence-electron chi connectivity index (χ0n) is 24.1. The number of anilines is 1. The number of rotatable bonds is 12. The highest BCUT2D eigenvalue weighted by Gasteiger charge is 2.36. The van der Waals surface area contributed by atoms with Crippen LogP contribution in [0.25, 0.3) is 0 Å². The molecule has 2 aromatic carbocycles. The lowest BCUT2D eigenvalue weighted by Gasteiger charge is -2.39. The average Bonchev–Trinajstić information content (AvgIpc) is 3.53. The van der Waals surface area contributed by atoms with E-state index >= 15 is 0 Å². The van der Waals surface area contributed by atoms with Gasteiger partial charge in [0, 0.05) is 44.2 Å². The normalized spacial score (nSPS) is 21.1. The second-order valence-corrected chi connectivity index (χ2v) is 11.4. The van der Waals surface area contributed by atoms with E-state index in [0.29, 0.717) is 19.3 Å². The Labute approximate surface area is 236 Å². The Morgan fingerprint density at radius 3 is 2.73 bits per heavy atom. The number of benzene rings is 2. The molecule has 10 heteroatoms. The molecule has 3 atom stereocenters. The van der Waals surface area contributed by atoms with Crippen LogP contribution in [0.2, 0.25) is 0 Å². The van der Waals surface area contributed by atoms with Crippen molar-refractivity contribution in [1.29, 1.82) is 0 Å². The number of H-pyrrole nitrogens is 1. The summed E-state index contributed by atoms with van der Waals surface area (Å²) in [6, 6.07) is 15.1. The van der Waals surface area contributed by atoms with Gasteiger partial charge in [-0.05, 0) is 65.1 Å². The molecule has 0 radical (unpaired) electrons. The molecule has 2 N–H and O–H groups in total. The highest BCUT2D eigenvalue weighted by molar-refractivity contribution is 5.61. The molecular formula is C30H42N6O4. The molecular weight excluding hydrogens is 508 g/mol. The van der Waals surface area contributed by atoms with Gasteiger partial charge in [0.15, 0.2) is 5.82 Å². The topological polar surface area (TPSA) is 107 Å². The van der Waals surface area contributed by atoms with E-state index in [2.05, 4.69) is 75.0 Å². The van der Waals surface area contributed by atoms with Crippen molar-refractivity contribution in [2.24, 2.45) is 0 Å². The molecule has 0 unspecified atom stereocenters. The second kappa shape index (κ2) is 13.0. The minimum atomic E-state index is -0.181. The molecule has 1 saturated heterocycles. The predicted octanol–water partition coefficient (Wildman–Crippen LogP) is 3.84. The van der Waals surface area contributed by atoms with Gasteiger partial charge in [-0.25, -0.2) is 5.10 Å². The SMILES string of the molecule is COCCCN1CCOc2ccc(CO[C@H]3CN[C@H](CC(C)(C)c4nnn[nH]4)C[C@@H]3c3ccc(OC)cc3)cc21. The zero-order valence-corrected chi connectivity index (χ0v) is 24.1. The summed E-state index contributed by atoms with van der Waals surface area (Å²) >= 11 is 0. The number of fused-ring (bicyclic) bond motifs is 1. The summed E-state index contributed by atoms with van der Waals surface area (Å²) in [5.41, 5.74) is 3.37. The van der Waals surface area contributed by atoms with Crippen molar-refractivity contribution in [2.75, 3.05) is 52.0 Å². The number of aromatic nitrogens is 4. The summed E-state index contributed by atoms with van der Waals surface area (Å²) in [5.74, 6) is 2.85. The fourth-order valence-electron chi connectivity index (χ4n) is 5.90. The van der Waals surface area contributed by atoms with Gasteiger partial charge >= 0.3 is 0 Å². The van der Waals surface area contributed by atoms with Crippen LogP contribution in [0, 0.1) is 0 Å². The first kappa shape index (κ1) is 28.3. The zero-order chi connectivity index (χ0) is 28.0. The van der Waals surface area contributed by atoms with Crippen molar-refractivity contribution in [2.45, 2.75) is 63.2 Å². The number of hydrogen-bond donors (Lipinski definition) is 2. The molecule has 0 aliphatic carbocycles. The van der Waals surface area contributed by atoms with Gasteiger partial charge < -0.3 is 29.2 Å². The average molecular weight is 551 g/mol. The van der Waals surface area contributed by atoms with Gasteiger partial charge in [-0.3, -0.25) is 0 Å². The van der Waals surface area contributed by atoms with Gasteiger partial charge in [0.05, 0.1) is 32.1 Å². The molecule has 40 heavy (non-hydrogen) atoms. The third-order valence-corrected chi connectivity index (χ3v) is 8.11. The molecule has 1 fully saturated rings. The maximum atomic E-state index is 6.66. The van der Waals surface area contributed by atoms with Crippen LogP contribution >= 0.6 is 0 Å². The van der Waals surface area contributed by atoms with Crippen LogP contribution in [0.3, 0.4) is 0 Å². The lowest BCUT2D eigenvalue weighted by Crippen LogP contribution is -2.49. The molecule has 1 aromatic heterocycles. The van der Waals surface area contributed by atoms with E-state index in [1.54, 1.807) is 14.2 Å². The summed E-state index contributed by atoms with van der Waals surface area (Å²) in [6.07, 6.45) is 2.88. The summed E-state index contributed by atoms with van der Waals surface area (Å²) in [4.78, 5) is 2.39. The van der Waals surface area contributed by atoms with E-state index in [9.17, 15) is 0 Å². The minimum Gasteiger partial charge on any atom is -0.497 e. The fraction of sp³-hybridized carbons (Fsp3) is 0.567. The van der Waals surface area contributed by atoms with Crippen LogP contribution in [-0.2, 0) is 21.5 Å². The van der Waals surface area contributed by atoms with Crippen molar-refractivity contribution in [3.63, 3.8) is 0 Å². The van der Waals surface area contributed by atoms with E-state index in [1.807, 2.05) is 12.1 Å². The first-order chi connectivity index (χ1) is 19.5. The van der Waals surface area contributed by atoms with Gasteiger partial charge in [0.2, 0.25) is 0 Å². The number of piperidine rings is 1. The fourth-order valence-corrected chi connectivity index (χ4v) is 5.90. The van der Waals surface area contributed by atoms with Crippen molar-refractivity contribution < 1.29 is 18.9 Å². The Balaban J connectivity index is 1.29. The van der Waals surface area contributed by atoms with Crippen LogP contribution in [0.4, 0.5) is 5.69 Å². The molecule has 216 valence electrons. The second-order valence-electron chi connectivity index (χ2n) is 11.4. The van der Waals surface area contributed by atoms with Crippen LogP contribution in [-0.4, -0.2) is 79.8 Å². The number of aromatic amines is 1. The third-order valence-electron chi connectivity index (χ3n) is 8.11. The number of methoxy groups -OCH3 is 2. The predicted molar refractivity (Wildman–Crippen MR) is 153 cm³/mol. The van der Waals surface area contributed by atoms with Crippen molar-refractivity contribution in [1.82, 2.24) is 25.9 Å². The molecule has 10 nitrogen and oxygen atoms in total. The minimum absolute atomic E-state index is 0.0322. The van der Waals surface area contributed by atoms with Crippen LogP contribution in [0.5, 0.6) is 11.5 Å². The van der Waals surface area contributed by atoms with E-state index in [0.717, 1.165) is 74.1 Å². The van der Waals surface area contributed by atoms with Crippen molar-refractivity contribution in [3.05, 3.63) is 59.4 Å². The number of ether oxygens (including phenoxy) is 4. The number of nitrogens with one attached hydrogen (secondary N) is 2. The summed E-state index contributed by atoms with van der Waals surface area (Å²) in [6.45, 7) is 8.96. The molecule has 0 bridgehead atoms. The number of nitrogens with zero attached hydrogens (tertiary/aromatic N) is 4. The molecule has 0 saturated carbocycles. The van der Waals surface area contributed by atoms with E-state index < -0.39 is 0 Å². The Morgan fingerprint density at radius 1 is 1.12 bits per heavy atom. The summed E-state index contributed by atoms with van der Waals surface area (Å²) in [5, 5.41) is 18.5. The van der Waals surface area contributed by atoms with E-state index in [1.165, 1.54) is 5.56 Å². The van der Waals surface area contributed by atoms with Crippen LogP contribution in [0.15, 0.2) is 42.5 Å². The summed E-state index contributed by atoms with van der Waals surface area (Å²) in [7, 11) is 3.45. The van der Waals surface area contributed by atoms with E-state index in [-0.39, 0.29) is 17.4 Å². The Kier molecular flexibility index (Phi) is 9.18. The van der Waals surface area contributed by atoms with Gasteiger partial charge in [0.1, 0.15) is 18.1 Å². The van der Waals surface area contributed by atoms with Gasteiger partial charge in [0.25, 0.3) is 0 Å². The lowest BCUT2D eigenvalue weighted by molar-refractivity contribution is 0.000743.